The average Bonchev–Trinajstić information content (AvgIpc) is 2.16. The Morgan fingerprint density at radius 3 is 2.62 bits per heavy atom. The van der Waals surface area contributed by atoms with E-state index in [4.69, 9.17) is 0 Å². The fourth-order valence-electron chi connectivity index (χ4n) is 0.864. The highest BCUT2D eigenvalue weighted by Gasteiger charge is 1.95. The molecule has 0 spiro atoms. The molecule has 1 aromatic carbocycles. The molecule has 68 valence electrons. The Hall–Kier alpha value is -1.64. The number of halogens is 1. The maximum Gasteiger partial charge on any atom is 0.243 e. The lowest BCUT2D eigenvalue weighted by Crippen LogP contribution is -2.19. The van der Waals surface area contributed by atoms with Crippen molar-refractivity contribution in [2.75, 3.05) is 0 Å². The van der Waals surface area contributed by atoms with Gasteiger partial charge in [-0.2, -0.15) is 0 Å². The lowest BCUT2D eigenvalue weighted by molar-refractivity contribution is -0.116. The highest BCUT2D eigenvalue weighted by Crippen LogP contribution is 2.01. The number of carbonyl (C=O) groups excluding carboxylic acids is 1. The summed E-state index contributed by atoms with van der Waals surface area (Å²) in [4.78, 5) is 10.7. The Bertz CT molecular complexity index is 305. The predicted molar refractivity (Wildman–Crippen MR) is 48.4 cm³/mol. The van der Waals surface area contributed by atoms with Gasteiger partial charge in [0, 0.05) is 6.54 Å². The van der Waals surface area contributed by atoms with Crippen LogP contribution in [-0.4, -0.2) is 5.91 Å². The van der Waals surface area contributed by atoms with Gasteiger partial charge in [0.2, 0.25) is 5.91 Å². The van der Waals surface area contributed by atoms with E-state index >= 15 is 0 Å². The SMILES string of the molecule is C=CC(=O)NCc1ccc(F)cc1. The minimum atomic E-state index is -0.279. The lowest BCUT2D eigenvalue weighted by Gasteiger charge is -2.01. The molecular weight excluding hydrogens is 169 g/mol. The summed E-state index contributed by atoms with van der Waals surface area (Å²) in [6.07, 6.45) is 1.20. The van der Waals surface area contributed by atoms with E-state index in [0.29, 0.717) is 6.54 Å². The molecule has 0 heterocycles. The molecule has 0 radical (unpaired) electrons. The fourth-order valence-corrected chi connectivity index (χ4v) is 0.864. The predicted octanol–water partition coefficient (Wildman–Crippen LogP) is 1.63. The molecule has 0 aliphatic rings. The average molecular weight is 179 g/mol. The molecule has 3 heteroatoms. The molecular formula is C10H10FNO. The minimum absolute atomic E-state index is 0.232. The Labute approximate surface area is 76.1 Å². The van der Waals surface area contributed by atoms with Crippen LogP contribution < -0.4 is 5.32 Å². The van der Waals surface area contributed by atoms with E-state index in [1.807, 2.05) is 0 Å². The Balaban J connectivity index is 2.50. The largest absolute Gasteiger partial charge is 0.348 e. The molecule has 0 saturated carbocycles. The molecule has 0 bridgehead atoms. The first kappa shape index (κ1) is 9.45. The van der Waals surface area contributed by atoms with E-state index in [9.17, 15) is 9.18 Å². The third-order valence-electron chi connectivity index (χ3n) is 1.57. The highest BCUT2D eigenvalue weighted by atomic mass is 19.1. The van der Waals surface area contributed by atoms with E-state index in [-0.39, 0.29) is 11.7 Å². The minimum Gasteiger partial charge on any atom is -0.348 e. The van der Waals surface area contributed by atoms with Gasteiger partial charge in [0.25, 0.3) is 0 Å². The summed E-state index contributed by atoms with van der Waals surface area (Å²) >= 11 is 0. The summed E-state index contributed by atoms with van der Waals surface area (Å²) in [5.41, 5.74) is 0.858. The van der Waals surface area contributed by atoms with Crippen molar-refractivity contribution in [1.82, 2.24) is 5.32 Å². The summed E-state index contributed by atoms with van der Waals surface area (Å²) in [5.74, 6) is -0.511. The Morgan fingerprint density at radius 1 is 1.46 bits per heavy atom. The fraction of sp³-hybridized carbons (Fsp3) is 0.100. The standard InChI is InChI=1S/C10H10FNO/c1-2-10(13)12-7-8-3-5-9(11)6-4-8/h2-6H,1,7H2,(H,12,13). The zero-order chi connectivity index (χ0) is 9.68. The molecule has 1 N–H and O–H groups in total. The first-order chi connectivity index (χ1) is 6.22. The van der Waals surface area contributed by atoms with Crippen molar-refractivity contribution in [3.8, 4) is 0 Å². The Kier molecular flexibility index (Phi) is 3.20. The van der Waals surface area contributed by atoms with Crippen LogP contribution in [0.2, 0.25) is 0 Å². The summed E-state index contributed by atoms with van der Waals surface area (Å²) < 4.78 is 12.4. The van der Waals surface area contributed by atoms with Crippen LogP contribution in [-0.2, 0) is 11.3 Å². The van der Waals surface area contributed by atoms with Gasteiger partial charge < -0.3 is 5.32 Å². The number of rotatable bonds is 3. The molecule has 0 aliphatic carbocycles. The first-order valence-corrected chi connectivity index (χ1v) is 3.87. The van der Waals surface area contributed by atoms with E-state index in [2.05, 4.69) is 11.9 Å². The van der Waals surface area contributed by atoms with Gasteiger partial charge in [0.05, 0.1) is 0 Å². The monoisotopic (exact) mass is 179 g/mol. The van der Waals surface area contributed by atoms with Crippen LogP contribution >= 0.6 is 0 Å². The summed E-state index contributed by atoms with van der Waals surface area (Å²) in [7, 11) is 0. The number of hydrogen-bond acceptors (Lipinski definition) is 1. The van der Waals surface area contributed by atoms with Gasteiger partial charge >= 0.3 is 0 Å². The second-order valence-electron chi connectivity index (χ2n) is 2.55. The van der Waals surface area contributed by atoms with Crippen LogP contribution in [0.3, 0.4) is 0 Å². The number of nitrogens with one attached hydrogen (secondary N) is 1. The Morgan fingerprint density at radius 2 is 2.08 bits per heavy atom. The van der Waals surface area contributed by atoms with Gasteiger partial charge in [-0.3, -0.25) is 4.79 Å². The molecule has 0 aromatic heterocycles. The molecule has 0 saturated heterocycles. The van der Waals surface area contributed by atoms with Crippen LogP contribution in [0.25, 0.3) is 0 Å². The second-order valence-corrected chi connectivity index (χ2v) is 2.55. The van der Waals surface area contributed by atoms with E-state index in [1.165, 1.54) is 18.2 Å². The van der Waals surface area contributed by atoms with Crippen molar-refractivity contribution in [2.45, 2.75) is 6.54 Å². The van der Waals surface area contributed by atoms with Gasteiger partial charge in [0.15, 0.2) is 0 Å². The first-order valence-electron chi connectivity index (χ1n) is 3.87. The van der Waals surface area contributed by atoms with Crippen molar-refractivity contribution < 1.29 is 9.18 Å². The highest BCUT2D eigenvalue weighted by molar-refractivity contribution is 5.86. The maximum absolute atomic E-state index is 12.4. The lowest BCUT2D eigenvalue weighted by atomic mass is 10.2. The van der Waals surface area contributed by atoms with Gasteiger partial charge in [0.1, 0.15) is 5.82 Å². The number of benzene rings is 1. The molecule has 13 heavy (non-hydrogen) atoms. The third kappa shape index (κ3) is 3.07. The normalized spacial score (nSPS) is 9.31. The zero-order valence-electron chi connectivity index (χ0n) is 7.09. The number of hydrogen-bond donors (Lipinski definition) is 1. The molecule has 0 aliphatic heterocycles. The van der Waals surface area contributed by atoms with Gasteiger partial charge in [-0.15, -0.1) is 0 Å². The van der Waals surface area contributed by atoms with Gasteiger partial charge in [-0.25, -0.2) is 4.39 Å². The molecule has 0 fully saturated rings. The quantitative estimate of drug-likeness (QED) is 0.702. The molecule has 1 aromatic rings. The number of carbonyl (C=O) groups is 1. The molecule has 0 atom stereocenters. The maximum atomic E-state index is 12.4. The molecule has 1 amide bonds. The van der Waals surface area contributed by atoms with Crippen LogP contribution in [0.5, 0.6) is 0 Å². The smallest absolute Gasteiger partial charge is 0.243 e. The summed E-state index contributed by atoms with van der Waals surface area (Å²) in [5, 5.41) is 2.59. The van der Waals surface area contributed by atoms with Crippen molar-refractivity contribution in [1.29, 1.82) is 0 Å². The van der Waals surface area contributed by atoms with Crippen LogP contribution in [0.1, 0.15) is 5.56 Å². The zero-order valence-corrected chi connectivity index (χ0v) is 7.09. The van der Waals surface area contributed by atoms with Crippen molar-refractivity contribution in [3.05, 3.63) is 48.3 Å². The van der Waals surface area contributed by atoms with E-state index in [0.717, 1.165) is 5.56 Å². The molecule has 0 unspecified atom stereocenters. The molecule has 1 rings (SSSR count). The van der Waals surface area contributed by atoms with Crippen molar-refractivity contribution >= 4 is 5.91 Å². The van der Waals surface area contributed by atoms with Crippen molar-refractivity contribution in [2.24, 2.45) is 0 Å². The second kappa shape index (κ2) is 4.40. The summed E-state index contributed by atoms with van der Waals surface area (Å²) in [6, 6.07) is 5.96. The van der Waals surface area contributed by atoms with Crippen LogP contribution in [0.4, 0.5) is 4.39 Å². The third-order valence-corrected chi connectivity index (χ3v) is 1.57. The summed E-state index contributed by atoms with van der Waals surface area (Å²) in [6.45, 7) is 3.71. The van der Waals surface area contributed by atoms with Gasteiger partial charge in [-0.1, -0.05) is 18.7 Å². The van der Waals surface area contributed by atoms with Crippen LogP contribution in [0.15, 0.2) is 36.9 Å². The number of amides is 1. The van der Waals surface area contributed by atoms with Crippen molar-refractivity contribution in [3.63, 3.8) is 0 Å². The topological polar surface area (TPSA) is 29.1 Å². The van der Waals surface area contributed by atoms with E-state index < -0.39 is 0 Å². The molecule has 2 nitrogen and oxygen atoms in total. The van der Waals surface area contributed by atoms with Gasteiger partial charge in [-0.05, 0) is 23.8 Å². The van der Waals surface area contributed by atoms with E-state index in [1.54, 1.807) is 12.1 Å². The van der Waals surface area contributed by atoms with Crippen LogP contribution in [0, 0.1) is 5.82 Å².